The molecule has 0 aliphatic carbocycles. The predicted molar refractivity (Wildman–Crippen MR) is 130 cm³/mol. The van der Waals surface area contributed by atoms with Gasteiger partial charge in [-0.1, -0.05) is 29.8 Å². The Morgan fingerprint density at radius 2 is 1.77 bits per heavy atom. The first-order chi connectivity index (χ1) is 16.9. The number of Topliss-reactive ketones (excluding diaryl/α,β-unsaturated/α-hetero) is 1. The third kappa shape index (κ3) is 4.52. The second kappa shape index (κ2) is 10.1. The van der Waals surface area contributed by atoms with Crippen LogP contribution in [0, 0.1) is 0 Å². The van der Waals surface area contributed by atoms with Gasteiger partial charge in [0, 0.05) is 18.8 Å². The molecule has 1 amide bonds. The Morgan fingerprint density at radius 1 is 1.00 bits per heavy atom. The van der Waals surface area contributed by atoms with Crippen molar-refractivity contribution in [1.29, 1.82) is 0 Å². The first-order valence-electron chi connectivity index (χ1n) is 10.6. The third-order valence-corrected chi connectivity index (χ3v) is 6.02. The summed E-state index contributed by atoms with van der Waals surface area (Å²) in [5.41, 5.74) is 1.21. The van der Waals surface area contributed by atoms with Gasteiger partial charge in [-0.2, -0.15) is 0 Å². The van der Waals surface area contributed by atoms with E-state index in [1.54, 1.807) is 49.7 Å². The van der Waals surface area contributed by atoms with Gasteiger partial charge < -0.3 is 24.2 Å². The topological polar surface area (TPSA) is 98.2 Å². The zero-order chi connectivity index (χ0) is 25.1. The number of ether oxygens (including phenoxy) is 3. The highest BCUT2D eigenvalue weighted by atomic mass is 35.5. The first-order valence-corrected chi connectivity index (χ1v) is 11.0. The van der Waals surface area contributed by atoms with E-state index in [1.165, 1.54) is 31.3 Å². The van der Waals surface area contributed by atoms with Crippen molar-refractivity contribution >= 4 is 29.1 Å². The Morgan fingerprint density at radius 3 is 2.43 bits per heavy atom. The molecule has 0 spiro atoms. The van der Waals surface area contributed by atoms with Crippen molar-refractivity contribution < 1.29 is 28.9 Å². The molecule has 1 N–H and O–H groups in total. The van der Waals surface area contributed by atoms with E-state index in [0.29, 0.717) is 17.2 Å². The Labute approximate surface area is 207 Å². The number of carbonyl (C=O) groups is 2. The van der Waals surface area contributed by atoms with Gasteiger partial charge in [0.15, 0.2) is 0 Å². The van der Waals surface area contributed by atoms with Crippen LogP contribution in [0.25, 0.3) is 5.76 Å². The fourth-order valence-electron chi connectivity index (χ4n) is 4.05. The number of hydrogen-bond acceptors (Lipinski definition) is 7. The minimum Gasteiger partial charge on any atom is -0.507 e. The number of nitrogens with zero attached hydrogens (tertiary/aromatic N) is 2. The van der Waals surface area contributed by atoms with Crippen LogP contribution >= 0.6 is 11.6 Å². The number of amides is 1. The average Bonchev–Trinajstić information content (AvgIpc) is 3.13. The van der Waals surface area contributed by atoms with Crippen LogP contribution in [0.15, 0.2) is 66.4 Å². The zero-order valence-electron chi connectivity index (χ0n) is 19.3. The highest BCUT2D eigenvalue weighted by molar-refractivity contribution is 6.46. The van der Waals surface area contributed by atoms with Crippen molar-refractivity contribution in [3.63, 3.8) is 0 Å². The fourth-order valence-corrected chi connectivity index (χ4v) is 4.29. The summed E-state index contributed by atoms with van der Waals surface area (Å²) < 4.78 is 15.9. The van der Waals surface area contributed by atoms with Crippen LogP contribution in [-0.4, -0.2) is 48.0 Å². The molecule has 1 saturated heterocycles. The largest absolute Gasteiger partial charge is 0.507 e. The number of methoxy groups -OCH3 is 3. The number of halogens is 1. The SMILES string of the molecule is COc1cccc(CN2C(=O)C(=O)/C(=C(/O)c3cc(Cl)c(OC)cc3OC)C2c2ccccn2)c1. The second-order valence-electron chi connectivity index (χ2n) is 7.72. The number of carbonyl (C=O) groups excluding carboxylic acids is 2. The predicted octanol–water partition coefficient (Wildman–Crippen LogP) is 4.38. The van der Waals surface area contributed by atoms with Crippen molar-refractivity contribution in [3.8, 4) is 17.2 Å². The van der Waals surface area contributed by atoms with Crippen LogP contribution < -0.4 is 14.2 Å². The Kier molecular flexibility index (Phi) is 6.93. The lowest BCUT2D eigenvalue weighted by Crippen LogP contribution is -2.29. The maximum absolute atomic E-state index is 13.3. The van der Waals surface area contributed by atoms with E-state index in [1.807, 2.05) is 6.07 Å². The van der Waals surface area contributed by atoms with Crippen LogP contribution in [0.5, 0.6) is 17.2 Å². The van der Waals surface area contributed by atoms with Gasteiger partial charge in [-0.05, 0) is 35.9 Å². The van der Waals surface area contributed by atoms with Crippen LogP contribution in [0.3, 0.4) is 0 Å². The fraction of sp³-hybridized carbons (Fsp3) is 0.192. The van der Waals surface area contributed by atoms with Crippen molar-refractivity contribution in [2.24, 2.45) is 0 Å². The van der Waals surface area contributed by atoms with E-state index in [0.717, 1.165) is 5.56 Å². The molecule has 9 heteroatoms. The molecule has 2 aromatic carbocycles. The standard InChI is InChI=1S/C26H23ClN2O6/c1-33-16-8-6-7-15(11-16)14-29-23(19-9-4-5-10-28-19)22(25(31)26(29)32)24(30)17-12-18(27)21(35-3)13-20(17)34-2/h4-13,23,30H,14H2,1-3H3/b24-22+. The van der Waals surface area contributed by atoms with Gasteiger partial charge in [-0.15, -0.1) is 0 Å². The molecule has 1 aliphatic rings. The van der Waals surface area contributed by atoms with Gasteiger partial charge in [-0.25, -0.2) is 0 Å². The van der Waals surface area contributed by atoms with Gasteiger partial charge in [0.2, 0.25) is 0 Å². The lowest BCUT2D eigenvalue weighted by atomic mass is 9.97. The minimum atomic E-state index is -0.937. The number of aliphatic hydroxyl groups is 1. The molecule has 1 unspecified atom stereocenters. The van der Waals surface area contributed by atoms with E-state index in [9.17, 15) is 14.7 Å². The molecule has 1 aromatic heterocycles. The van der Waals surface area contributed by atoms with Crippen molar-refractivity contribution in [2.45, 2.75) is 12.6 Å². The Bertz CT molecular complexity index is 1310. The maximum atomic E-state index is 13.3. The molecular weight excluding hydrogens is 472 g/mol. The lowest BCUT2D eigenvalue weighted by molar-refractivity contribution is -0.140. The summed E-state index contributed by atoms with van der Waals surface area (Å²) in [5, 5.41) is 11.6. The quantitative estimate of drug-likeness (QED) is 0.295. The molecule has 3 aromatic rings. The van der Waals surface area contributed by atoms with E-state index in [-0.39, 0.29) is 28.5 Å². The van der Waals surface area contributed by atoms with E-state index in [4.69, 9.17) is 25.8 Å². The molecule has 2 heterocycles. The smallest absolute Gasteiger partial charge is 0.296 e. The zero-order valence-corrected chi connectivity index (χ0v) is 20.1. The van der Waals surface area contributed by atoms with E-state index >= 15 is 0 Å². The van der Waals surface area contributed by atoms with Crippen molar-refractivity contribution in [1.82, 2.24) is 9.88 Å². The molecule has 4 rings (SSSR count). The summed E-state index contributed by atoms with van der Waals surface area (Å²) in [6.45, 7) is 0.0975. The summed E-state index contributed by atoms with van der Waals surface area (Å²) >= 11 is 6.29. The van der Waals surface area contributed by atoms with Gasteiger partial charge in [-0.3, -0.25) is 14.6 Å². The summed E-state index contributed by atoms with van der Waals surface area (Å²) in [6, 6.07) is 14.3. The summed E-state index contributed by atoms with van der Waals surface area (Å²) in [5.74, 6) is -0.847. The molecule has 0 bridgehead atoms. The lowest BCUT2D eigenvalue weighted by Gasteiger charge is -2.25. The number of hydrogen-bond donors (Lipinski definition) is 1. The van der Waals surface area contributed by atoms with E-state index in [2.05, 4.69) is 4.98 Å². The number of pyridine rings is 1. The van der Waals surface area contributed by atoms with Gasteiger partial charge in [0.05, 0.1) is 43.2 Å². The molecule has 1 atom stereocenters. The Balaban J connectivity index is 1.89. The molecule has 1 aliphatic heterocycles. The first kappa shape index (κ1) is 24.1. The third-order valence-electron chi connectivity index (χ3n) is 5.72. The minimum absolute atomic E-state index is 0.0975. The summed E-state index contributed by atoms with van der Waals surface area (Å²) in [7, 11) is 4.41. The van der Waals surface area contributed by atoms with Crippen LogP contribution in [-0.2, 0) is 16.1 Å². The summed E-state index contributed by atoms with van der Waals surface area (Å²) in [6.07, 6.45) is 1.56. The Hall–Kier alpha value is -4.04. The van der Waals surface area contributed by atoms with Crippen LogP contribution in [0.1, 0.15) is 22.9 Å². The molecule has 0 saturated carbocycles. The van der Waals surface area contributed by atoms with E-state index < -0.39 is 23.5 Å². The number of benzene rings is 2. The molecule has 0 radical (unpaired) electrons. The van der Waals surface area contributed by atoms with Crippen LogP contribution in [0.4, 0.5) is 0 Å². The van der Waals surface area contributed by atoms with Crippen LogP contribution in [0.2, 0.25) is 5.02 Å². The maximum Gasteiger partial charge on any atom is 0.296 e. The molecule has 8 nitrogen and oxygen atoms in total. The number of aromatic nitrogens is 1. The number of aliphatic hydroxyl groups excluding tert-OH is 1. The number of rotatable bonds is 7. The average molecular weight is 495 g/mol. The van der Waals surface area contributed by atoms with Gasteiger partial charge in [0.1, 0.15) is 29.0 Å². The number of likely N-dealkylation sites (tertiary alicyclic amines) is 1. The highest BCUT2D eigenvalue weighted by Crippen LogP contribution is 2.43. The number of ketones is 1. The second-order valence-corrected chi connectivity index (χ2v) is 8.13. The monoisotopic (exact) mass is 494 g/mol. The van der Waals surface area contributed by atoms with Crippen molar-refractivity contribution in [3.05, 3.63) is 88.2 Å². The molecule has 35 heavy (non-hydrogen) atoms. The van der Waals surface area contributed by atoms with Gasteiger partial charge in [0.25, 0.3) is 11.7 Å². The summed E-state index contributed by atoms with van der Waals surface area (Å²) in [4.78, 5) is 32.2. The van der Waals surface area contributed by atoms with Crippen molar-refractivity contribution in [2.75, 3.05) is 21.3 Å². The highest BCUT2D eigenvalue weighted by Gasteiger charge is 2.47. The normalized spacial score (nSPS) is 16.9. The van der Waals surface area contributed by atoms with Gasteiger partial charge >= 0.3 is 0 Å². The molecule has 180 valence electrons. The molecule has 1 fully saturated rings. The molecular formula is C26H23ClN2O6.